The minimum atomic E-state index is -0.503. The highest BCUT2D eigenvalue weighted by molar-refractivity contribution is 5.97. The lowest BCUT2D eigenvalue weighted by atomic mass is 9.95. The van der Waals surface area contributed by atoms with E-state index in [9.17, 15) is 9.59 Å². The van der Waals surface area contributed by atoms with Crippen molar-refractivity contribution in [3.63, 3.8) is 0 Å². The number of carbonyl (C=O) groups excluding carboxylic acids is 2. The third kappa shape index (κ3) is 2.93. The number of amides is 2. The van der Waals surface area contributed by atoms with Crippen molar-refractivity contribution in [1.29, 1.82) is 0 Å². The Balaban J connectivity index is 2.09. The Bertz CT molecular complexity index is 494. The van der Waals surface area contributed by atoms with Gasteiger partial charge in [-0.3, -0.25) is 9.59 Å². The summed E-state index contributed by atoms with van der Waals surface area (Å²) in [4.78, 5) is 23.1. The van der Waals surface area contributed by atoms with Gasteiger partial charge in [0.05, 0.1) is 5.54 Å². The molecule has 0 heterocycles. The van der Waals surface area contributed by atoms with Gasteiger partial charge in [0.1, 0.15) is 0 Å². The molecule has 102 valence electrons. The van der Waals surface area contributed by atoms with Crippen molar-refractivity contribution >= 4 is 11.8 Å². The third-order valence-electron chi connectivity index (χ3n) is 3.73. The molecule has 5 heteroatoms. The Hall–Kier alpha value is -1.88. The highest BCUT2D eigenvalue weighted by Crippen LogP contribution is 2.39. The molecule has 1 saturated carbocycles. The fourth-order valence-corrected chi connectivity index (χ4v) is 2.16. The molecule has 1 unspecified atom stereocenters. The van der Waals surface area contributed by atoms with Crippen molar-refractivity contribution in [2.45, 2.75) is 25.3 Å². The van der Waals surface area contributed by atoms with Crippen molar-refractivity contribution in [3.05, 3.63) is 35.4 Å². The molecule has 1 aliphatic rings. The number of benzene rings is 1. The third-order valence-corrected chi connectivity index (χ3v) is 3.73. The molecule has 2 rings (SSSR count). The lowest BCUT2D eigenvalue weighted by Crippen LogP contribution is -2.53. The molecule has 0 aromatic heterocycles. The molecule has 0 aliphatic heterocycles. The Morgan fingerprint density at radius 3 is 2.21 bits per heavy atom. The van der Waals surface area contributed by atoms with Crippen molar-refractivity contribution in [2.24, 2.45) is 17.4 Å². The van der Waals surface area contributed by atoms with Gasteiger partial charge in [0.25, 0.3) is 5.91 Å². The molecule has 1 aromatic carbocycles. The van der Waals surface area contributed by atoms with E-state index in [-0.39, 0.29) is 11.4 Å². The van der Waals surface area contributed by atoms with E-state index in [1.807, 2.05) is 6.92 Å². The fraction of sp³-hybridized carbons (Fsp3) is 0.429. The standard InChI is InChI=1S/C14H19N3O2/c1-14(8-15,11-6-7-11)17-13(19)10-4-2-9(3-5-10)12(16)18/h2-5,11H,6-8,15H2,1H3,(H2,16,18)(H,17,19). The zero-order valence-electron chi connectivity index (χ0n) is 11.0. The SMILES string of the molecule is CC(CN)(NC(=O)c1ccc(C(N)=O)cc1)C1CC1. The highest BCUT2D eigenvalue weighted by Gasteiger charge is 2.41. The van der Waals surface area contributed by atoms with Crippen molar-refractivity contribution in [3.8, 4) is 0 Å². The minimum Gasteiger partial charge on any atom is -0.366 e. The topological polar surface area (TPSA) is 98.2 Å². The molecular formula is C14H19N3O2. The lowest BCUT2D eigenvalue weighted by Gasteiger charge is -2.29. The monoisotopic (exact) mass is 261 g/mol. The largest absolute Gasteiger partial charge is 0.366 e. The Kier molecular flexibility index (Phi) is 3.57. The Labute approximate surface area is 112 Å². The molecule has 0 spiro atoms. The summed E-state index contributed by atoms with van der Waals surface area (Å²) in [6, 6.07) is 6.29. The van der Waals surface area contributed by atoms with Gasteiger partial charge in [-0.2, -0.15) is 0 Å². The van der Waals surface area contributed by atoms with Gasteiger partial charge < -0.3 is 16.8 Å². The van der Waals surface area contributed by atoms with E-state index < -0.39 is 5.91 Å². The van der Waals surface area contributed by atoms with Crippen molar-refractivity contribution in [2.75, 3.05) is 6.54 Å². The van der Waals surface area contributed by atoms with Crippen LogP contribution in [0, 0.1) is 5.92 Å². The van der Waals surface area contributed by atoms with Crippen LogP contribution in [0.1, 0.15) is 40.5 Å². The summed E-state index contributed by atoms with van der Waals surface area (Å²) in [5, 5.41) is 2.99. The quantitative estimate of drug-likeness (QED) is 0.725. The first-order chi connectivity index (χ1) is 8.96. The van der Waals surface area contributed by atoms with Gasteiger partial charge in [-0.05, 0) is 49.9 Å². The van der Waals surface area contributed by atoms with Crippen LogP contribution in [-0.4, -0.2) is 23.9 Å². The molecule has 1 fully saturated rings. The number of hydrogen-bond acceptors (Lipinski definition) is 3. The molecule has 1 atom stereocenters. The minimum absolute atomic E-state index is 0.170. The average Bonchev–Trinajstić information content (AvgIpc) is 3.23. The molecule has 5 nitrogen and oxygen atoms in total. The van der Waals surface area contributed by atoms with E-state index in [1.165, 1.54) is 0 Å². The summed E-state index contributed by atoms with van der Waals surface area (Å²) in [5.74, 6) is -0.209. The molecule has 1 aliphatic carbocycles. The maximum atomic E-state index is 12.1. The second-order valence-corrected chi connectivity index (χ2v) is 5.29. The van der Waals surface area contributed by atoms with Crippen LogP contribution in [-0.2, 0) is 0 Å². The first-order valence-electron chi connectivity index (χ1n) is 6.39. The van der Waals surface area contributed by atoms with Gasteiger partial charge in [-0.25, -0.2) is 0 Å². The van der Waals surface area contributed by atoms with E-state index in [0.717, 1.165) is 12.8 Å². The van der Waals surface area contributed by atoms with Gasteiger partial charge in [0, 0.05) is 17.7 Å². The Morgan fingerprint density at radius 1 is 1.26 bits per heavy atom. The number of hydrogen-bond donors (Lipinski definition) is 3. The summed E-state index contributed by atoms with van der Waals surface area (Å²) < 4.78 is 0. The maximum Gasteiger partial charge on any atom is 0.251 e. The summed E-state index contributed by atoms with van der Waals surface area (Å²) in [6.07, 6.45) is 2.21. The zero-order chi connectivity index (χ0) is 14.0. The maximum absolute atomic E-state index is 12.1. The van der Waals surface area contributed by atoms with Crippen molar-refractivity contribution in [1.82, 2.24) is 5.32 Å². The number of nitrogens with one attached hydrogen (secondary N) is 1. The van der Waals surface area contributed by atoms with Gasteiger partial charge in [0.2, 0.25) is 5.91 Å². The van der Waals surface area contributed by atoms with E-state index in [0.29, 0.717) is 23.6 Å². The summed E-state index contributed by atoms with van der Waals surface area (Å²) in [5.41, 5.74) is 11.5. The molecule has 0 radical (unpaired) electrons. The lowest BCUT2D eigenvalue weighted by molar-refractivity contribution is 0.0896. The molecule has 0 saturated heterocycles. The van der Waals surface area contributed by atoms with Crippen LogP contribution in [0.4, 0.5) is 0 Å². The smallest absolute Gasteiger partial charge is 0.251 e. The number of carbonyl (C=O) groups is 2. The second kappa shape index (κ2) is 5.01. The van der Waals surface area contributed by atoms with Crippen LogP contribution in [0.25, 0.3) is 0 Å². The van der Waals surface area contributed by atoms with E-state index in [4.69, 9.17) is 11.5 Å². The number of primary amides is 1. The van der Waals surface area contributed by atoms with Crippen LogP contribution in [0.5, 0.6) is 0 Å². The van der Waals surface area contributed by atoms with Crippen LogP contribution < -0.4 is 16.8 Å². The highest BCUT2D eigenvalue weighted by atomic mass is 16.2. The van der Waals surface area contributed by atoms with Crippen LogP contribution in [0.15, 0.2) is 24.3 Å². The first kappa shape index (κ1) is 13.5. The van der Waals surface area contributed by atoms with Gasteiger partial charge >= 0.3 is 0 Å². The zero-order valence-corrected chi connectivity index (χ0v) is 11.0. The average molecular weight is 261 g/mol. The van der Waals surface area contributed by atoms with Crippen LogP contribution in [0.2, 0.25) is 0 Å². The number of rotatable bonds is 5. The number of nitrogens with two attached hydrogens (primary N) is 2. The predicted molar refractivity (Wildman–Crippen MR) is 72.6 cm³/mol. The summed E-state index contributed by atoms with van der Waals surface area (Å²) in [6.45, 7) is 2.39. The van der Waals surface area contributed by atoms with Crippen molar-refractivity contribution < 1.29 is 9.59 Å². The van der Waals surface area contributed by atoms with Gasteiger partial charge in [-0.15, -0.1) is 0 Å². The molecule has 2 amide bonds. The first-order valence-corrected chi connectivity index (χ1v) is 6.39. The molecular weight excluding hydrogens is 242 g/mol. The molecule has 19 heavy (non-hydrogen) atoms. The van der Waals surface area contributed by atoms with Crippen LogP contribution in [0.3, 0.4) is 0 Å². The van der Waals surface area contributed by atoms with E-state index in [2.05, 4.69) is 5.32 Å². The summed E-state index contributed by atoms with van der Waals surface area (Å²) in [7, 11) is 0. The second-order valence-electron chi connectivity index (χ2n) is 5.29. The Morgan fingerprint density at radius 2 is 1.79 bits per heavy atom. The van der Waals surface area contributed by atoms with E-state index in [1.54, 1.807) is 24.3 Å². The van der Waals surface area contributed by atoms with E-state index >= 15 is 0 Å². The molecule has 1 aromatic rings. The molecule has 0 bridgehead atoms. The summed E-state index contributed by atoms with van der Waals surface area (Å²) >= 11 is 0. The normalized spacial score (nSPS) is 17.6. The fourth-order valence-electron chi connectivity index (χ4n) is 2.16. The van der Waals surface area contributed by atoms with Crippen LogP contribution >= 0.6 is 0 Å². The van der Waals surface area contributed by atoms with Gasteiger partial charge in [-0.1, -0.05) is 0 Å². The molecule has 5 N–H and O–H groups in total. The van der Waals surface area contributed by atoms with Gasteiger partial charge in [0.15, 0.2) is 0 Å². The predicted octanol–water partition coefficient (Wildman–Crippen LogP) is 0.643.